The summed E-state index contributed by atoms with van der Waals surface area (Å²) in [5, 5.41) is 13.6. The molecule has 0 fully saturated rings. The largest absolute Gasteiger partial charge is 0.354 e. The number of anilines is 1. The van der Waals surface area contributed by atoms with Crippen LogP contribution in [-0.2, 0) is 13.6 Å². The van der Waals surface area contributed by atoms with Gasteiger partial charge in [-0.05, 0) is 13.8 Å². The molecule has 9 heteroatoms. The minimum Gasteiger partial charge on any atom is -0.354 e. The van der Waals surface area contributed by atoms with E-state index in [9.17, 15) is 9.59 Å². The maximum Gasteiger partial charge on any atom is 0.277 e. The lowest BCUT2D eigenvalue weighted by atomic mass is 10.3. The highest BCUT2D eigenvalue weighted by Crippen LogP contribution is 2.21. The lowest BCUT2D eigenvalue weighted by molar-refractivity contribution is 0.0958. The van der Waals surface area contributed by atoms with Gasteiger partial charge < -0.3 is 10.6 Å². The van der Waals surface area contributed by atoms with Gasteiger partial charge in [-0.25, -0.2) is 0 Å². The average molecular weight is 325 g/mol. The molecule has 118 valence electrons. The molecule has 0 aromatic carbocycles. The Balaban J connectivity index is 2.33. The number of nitrogens with zero attached hydrogens (tertiary/aromatic N) is 4. The zero-order valence-electron chi connectivity index (χ0n) is 12.8. The van der Waals surface area contributed by atoms with E-state index in [1.54, 1.807) is 24.9 Å². The topological polar surface area (TPSA) is 93.8 Å². The minimum absolute atomic E-state index is 0.105. The summed E-state index contributed by atoms with van der Waals surface area (Å²) in [5.74, 6) is -0.875. The molecule has 22 heavy (non-hydrogen) atoms. The molecule has 0 spiro atoms. The Bertz CT molecular complexity index is 733. The first-order chi connectivity index (χ1) is 10.4. The monoisotopic (exact) mass is 324 g/mol. The van der Waals surface area contributed by atoms with Crippen LogP contribution >= 0.6 is 11.6 Å². The van der Waals surface area contributed by atoms with E-state index in [0.717, 1.165) is 0 Å². The molecule has 2 rings (SSSR count). The number of hydrogen-bond acceptors (Lipinski definition) is 4. The van der Waals surface area contributed by atoms with E-state index in [1.165, 1.54) is 11.7 Å². The summed E-state index contributed by atoms with van der Waals surface area (Å²) in [7, 11) is 3.20. The molecule has 2 N–H and O–H groups in total. The van der Waals surface area contributed by atoms with Gasteiger partial charge in [-0.2, -0.15) is 10.2 Å². The van der Waals surface area contributed by atoms with Crippen LogP contribution in [0.25, 0.3) is 0 Å². The van der Waals surface area contributed by atoms with Gasteiger partial charge in [0.2, 0.25) is 0 Å². The van der Waals surface area contributed by atoms with E-state index < -0.39 is 5.91 Å². The molecule has 2 aromatic rings. The van der Waals surface area contributed by atoms with E-state index in [-0.39, 0.29) is 22.3 Å². The van der Waals surface area contributed by atoms with Crippen LogP contribution in [0.15, 0.2) is 6.20 Å². The fourth-order valence-electron chi connectivity index (χ4n) is 1.87. The standard InChI is InChI=1S/C13H17ClN6O2/c1-5-20-6-8(10(18-20)12(21)15-3)16-13(22)11-9(14)7(2)19(4)17-11/h6H,5H2,1-4H3,(H,15,21)(H,16,22). The number of carbonyl (C=O) groups is 2. The fourth-order valence-corrected chi connectivity index (χ4v) is 2.12. The summed E-state index contributed by atoms with van der Waals surface area (Å²) < 4.78 is 3.08. The number of aromatic nitrogens is 4. The van der Waals surface area contributed by atoms with E-state index >= 15 is 0 Å². The zero-order valence-corrected chi connectivity index (χ0v) is 13.5. The van der Waals surface area contributed by atoms with Gasteiger partial charge in [0.05, 0.1) is 16.4 Å². The van der Waals surface area contributed by atoms with Gasteiger partial charge in [-0.3, -0.25) is 19.0 Å². The van der Waals surface area contributed by atoms with Crippen LogP contribution in [0.4, 0.5) is 5.69 Å². The van der Waals surface area contributed by atoms with Crippen LogP contribution in [0.3, 0.4) is 0 Å². The van der Waals surface area contributed by atoms with Crippen LogP contribution in [0, 0.1) is 6.92 Å². The summed E-state index contributed by atoms with van der Waals surface area (Å²) in [6.07, 6.45) is 1.59. The predicted octanol–water partition coefficient (Wildman–Crippen LogP) is 1.21. The molecule has 0 atom stereocenters. The molecule has 2 amide bonds. The number of amides is 2. The molecule has 2 heterocycles. The SMILES string of the molecule is CCn1cc(NC(=O)c2nn(C)c(C)c2Cl)c(C(=O)NC)n1. The van der Waals surface area contributed by atoms with Crippen molar-refractivity contribution in [2.45, 2.75) is 20.4 Å². The molecule has 0 aliphatic rings. The van der Waals surface area contributed by atoms with Gasteiger partial charge in [0, 0.05) is 26.8 Å². The first-order valence-electron chi connectivity index (χ1n) is 6.69. The predicted molar refractivity (Wildman–Crippen MR) is 82.2 cm³/mol. The molecule has 0 aliphatic carbocycles. The molecular weight excluding hydrogens is 308 g/mol. The molecule has 8 nitrogen and oxygen atoms in total. The summed E-state index contributed by atoms with van der Waals surface area (Å²) in [5.41, 5.74) is 1.24. The first kappa shape index (κ1) is 16.0. The minimum atomic E-state index is -0.491. The number of aryl methyl sites for hydroxylation is 2. The molecule has 0 unspecified atom stereocenters. The van der Waals surface area contributed by atoms with Crippen molar-refractivity contribution in [3.63, 3.8) is 0 Å². The summed E-state index contributed by atoms with van der Waals surface area (Å²) >= 11 is 6.09. The Morgan fingerprint density at radius 1 is 1.27 bits per heavy atom. The van der Waals surface area contributed by atoms with Gasteiger partial charge in [0.25, 0.3) is 11.8 Å². The van der Waals surface area contributed by atoms with E-state index in [0.29, 0.717) is 17.9 Å². The maximum absolute atomic E-state index is 12.3. The van der Waals surface area contributed by atoms with Crippen LogP contribution in [0.1, 0.15) is 33.6 Å². The normalized spacial score (nSPS) is 10.6. The Hall–Kier alpha value is -2.35. The van der Waals surface area contributed by atoms with E-state index in [1.807, 2.05) is 6.92 Å². The smallest absolute Gasteiger partial charge is 0.277 e. The lowest BCUT2D eigenvalue weighted by Crippen LogP contribution is -2.22. The Labute approximate surface area is 132 Å². The second kappa shape index (κ2) is 6.18. The molecule has 0 saturated carbocycles. The van der Waals surface area contributed by atoms with Crippen LogP contribution in [-0.4, -0.2) is 38.4 Å². The molecule has 0 radical (unpaired) electrons. The Morgan fingerprint density at radius 2 is 1.95 bits per heavy atom. The van der Waals surface area contributed by atoms with Crippen molar-refractivity contribution in [1.29, 1.82) is 0 Å². The molecule has 0 aliphatic heterocycles. The number of carbonyl (C=O) groups excluding carboxylic acids is 2. The fraction of sp³-hybridized carbons (Fsp3) is 0.385. The zero-order chi connectivity index (χ0) is 16.4. The average Bonchev–Trinajstić information content (AvgIpc) is 3.02. The van der Waals surface area contributed by atoms with Crippen LogP contribution < -0.4 is 10.6 Å². The van der Waals surface area contributed by atoms with Crippen molar-refractivity contribution >= 4 is 29.1 Å². The second-order valence-electron chi connectivity index (χ2n) is 4.65. The van der Waals surface area contributed by atoms with Gasteiger partial charge in [-0.1, -0.05) is 11.6 Å². The van der Waals surface area contributed by atoms with Gasteiger partial charge in [0.1, 0.15) is 0 Å². The van der Waals surface area contributed by atoms with Gasteiger partial charge >= 0.3 is 0 Å². The highest BCUT2D eigenvalue weighted by molar-refractivity contribution is 6.34. The summed E-state index contributed by atoms with van der Waals surface area (Å²) in [4.78, 5) is 24.1. The van der Waals surface area contributed by atoms with Crippen molar-refractivity contribution in [2.24, 2.45) is 7.05 Å². The van der Waals surface area contributed by atoms with E-state index in [2.05, 4.69) is 20.8 Å². The highest BCUT2D eigenvalue weighted by Gasteiger charge is 2.22. The summed E-state index contributed by atoms with van der Waals surface area (Å²) in [6, 6.07) is 0. The Kier molecular flexibility index (Phi) is 4.51. The molecule has 2 aromatic heterocycles. The molecular formula is C13H17ClN6O2. The van der Waals surface area contributed by atoms with Crippen LogP contribution in [0.5, 0.6) is 0 Å². The third kappa shape index (κ3) is 2.82. The first-order valence-corrected chi connectivity index (χ1v) is 7.06. The maximum atomic E-state index is 12.3. The van der Waals surface area contributed by atoms with Crippen molar-refractivity contribution in [2.75, 3.05) is 12.4 Å². The summed E-state index contributed by atoms with van der Waals surface area (Å²) in [6.45, 7) is 4.21. The van der Waals surface area contributed by atoms with Crippen molar-refractivity contribution in [3.8, 4) is 0 Å². The van der Waals surface area contributed by atoms with Crippen LogP contribution in [0.2, 0.25) is 5.02 Å². The quantitative estimate of drug-likeness (QED) is 0.884. The number of nitrogens with one attached hydrogen (secondary N) is 2. The Morgan fingerprint density at radius 3 is 2.45 bits per heavy atom. The molecule has 0 saturated heterocycles. The third-order valence-corrected chi connectivity index (χ3v) is 3.70. The highest BCUT2D eigenvalue weighted by atomic mass is 35.5. The van der Waals surface area contributed by atoms with E-state index in [4.69, 9.17) is 11.6 Å². The third-order valence-electron chi connectivity index (χ3n) is 3.25. The number of halogens is 1. The number of rotatable bonds is 4. The molecule has 0 bridgehead atoms. The van der Waals surface area contributed by atoms with Crippen molar-refractivity contribution < 1.29 is 9.59 Å². The van der Waals surface area contributed by atoms with Crippen molar-refractivity contribution in [1.82, 2.24) is 24.9 Å². The lowest BCUT2D eigenvalue weighted by Gasteiger charge is -2.02. The van der Waals surface area contributed by atoms with Crippen molar-refractivity contribution in [3.05, 3.63) is 28.3 Å². The van der Waals surface area contributed by atoms with Gasteiger partial charge in [-0.15, -0.1) is 0 Å². The number of hydrogen-bond donors (Lipinski definition) is 2. The second-order valence-corrected chi connectivity index (χ2v) is 5.03. The van der Waals surface area contributed by atoms with Gasteiger partial charge in [0.15, 0.2) is 11.4 Å².